The molecule has 0 fully saturated rings. The number of aliphatic carboxylic acids is 1. The molecule has 0 aliphatic heterocycles. The van der Waals surface area contributed by atoms with Crippen LogP contribution in [0.15, 0.2) is 48.3 Å². The molecule has 0 aliphatic rings. The molecule has 0 spiro atoms. The number of carbonyl (C=O) groups is 2. The van der Waals surface area contributed by atoms with E-state index < -0.39 is 17.3 Å². The predicted octanol–water partition coefficient (Wildman–Crippen LogP) is 3.02. The minimum absolute atomic E-state index is 0.0530. The van der Waals surface area contributed by atoms with Gasteiger partial charge in [-0.3, -0.25) is 4.79 Å². The van der Waals surface area contributed by atoms with Gasteiger partial charge in [0, 0.05) is 49.6 Å². The number of hydrogen-bond acceptors (Lipinski definition) is 9. The van der Waals surface area contributed by atoms with Crippen molar-refractivity contribution in [1.82, 2.24) is 14.9 Å². The predicted molar refractivity (Wildman–Crippen MR) is 144 cm³/mol. The van der Waals surface area contributed by atoms with Crippen LogP contribution < -0.4 is 20.9 Å². The zero-order valence-corrected chi connectivity index (χ0v) is 22.0. The van der Waals surface area contributed by atoms with Crippen LogP contribution in [0.3, 0.4) is 0 Å². The van der Waals surface area contributed by atoms with E-state index in [1.54, 1.807) is 32.4 Å². The molecule has 38 heavy (non-hydrogen) atoms. The zero-order chi connectivity index (χ0) is 28.0. The molecule has 0 atom stereocenters. The quantitative estimate of drug-likeness (QED) is 0.129. The van der Waals surface area contributed by atoms with E-state index in [9.17, 15) is 14.7 Å². The minimum Gasteiger partial charge on any atom is -0.493 e. The molecule has 0 radical (unpaired) electrons. The summed E-state index contributed by atoms with van der Waals surface area (Å²) in [5.74, 6) is 5.26. The van der Waals surface area contributed by atoms with E-state index in [1.165, 1.54) is 37.5 Å². The van der Waals surface area contributed by atoms with Crippen LogP contribution in [0.2, 0.25) is 5.02 Å². The fourth-order valence-electron chi connectivity index (χ4n) is 3.54. The fraction of sp³-hybridized carbons (Fsp3) is 0.185. The lowest BCUT2D eigenvalue weighted by Gasteiger charge is -2.13. The van der Waals surface area contributed by atoms with Crippen molar-refractivity contribution in [2.75, 3.05) is 39.8 Å². The molecule has 0 saturated heterocycles. The number of nitrogens with two attached hydrogens (primary N) is 2. The molecule has 5 N–H and O–H groups in total. The third-order valence-corrected chi connectivity index (χ3v) is 5.58. The molecule has 0 amide bonds. The third kappa shape index (κ3) is 6.52. The van der Waals surface area contributed by atoms with Crippen LogP contribution in [0.4, 0.5) is 11.8 Å². The molecule has 10 nitrogen and oxygen atoms in total. The van der Waals surface area contributed by atoms with E-state index >= 15 is 0 Å². The summed E-state index contributed by atoms with van der Waals surface area (Å²) < 4.78 is 11.0. The Kier molecular flexibility index (Phi) is 8.78. The summed E-state index contributed by atoms with van der Waals surface area (Å²) in [5, 5.41) is 9.50. The number of methoxy groups -OCH3 is 2. The van der Waals surface area contributed by atoms with Gasteiger partial charge in [-0.1, -0.05) is 23.4 Å². The van der Waals surface area contributed by atoms with Crippen LogP contribution >= 0.6 is 11.6 Å². The van der Waals surface area contributed by atoms with Gasteiger partial charge in [0.15, 0.2) is 11.5 Å². The smallest absolute Gasteiger partial charge is 0.341 e. The van der Waals surface area contributed by atoms with Crippen LogP contribution in [-0.2, 0) is 11.2 Å². The normalized spacial score (nSPS) is 10.8. The van der Waals surface area contributed by atoms with E-state index in [2.05, 4.69) is 21.8 Å². The highest BCUT2D eigenvalue weighted by Gasteiger charge is 2.22. The maximum Gasteiger partial charge on any atom is 0.341 e. The van der Waals surface area contributed by atoms with Crippen LogP contribution in [0, 0.1) is 11.8 Å². The van der Waals surface area contributed by atoms with Gasteiger partial charge in [-0.25, -0.2) is 9.78 Å². The fourth-order valence-corrected chi connectivity index (χ4v) is 3.80. The molecule has 1 aromatic heterocycles. The monoisotopic (exact) mass is 535 g/mol. The van der Waals surface area contributed by atoms with Gasteiger partial charge >= 0.3 is 5.97 Å². The highest BCUT2D eigenvalue weighted by Crippen LogP contribution is 2.33. The van der Waals surface area contributed by atoms with Crippen molar-refractivity contribution in [1.29, 1.82) is 0 Å². The molecule has 0 aliphatic carbocycles. The number of carbonyl (C=O) groups excluding carboxylic acids is 1. The Bertz CT molecular complexity index is 1490. The first-order valence-electron chi connectivity index (χ1n) is 11.1. The van der Waals surface area contributed by atoms with Crippen LogP contribution in [-0.4, -0.2) is 60.0 Å². The molecular formula is C27H26ClN5O5. The molecule has 3 rings (SSSR count). The highest BCUT2D eigenvalue weighted by atomic mass is 35.5. The van der Waals surface area contributed by atoms with Crippen LogP contribution in [0.25, 0.3) is 0 Å². The number of ether oxygens (including phenoxy) is 2. The van der Waals surface area contributed by atoms with Crippen molar-refractivity contribution in [2.45, 2.75) is 6.42 Å². The maximum absolute atomic E-state index is 12.8. The topological polar surface area (TPSA) is 154 Å². The molecule has 196 valence electrons. The van der Waals surface area contributed by atoms with Gasteiger partial charge in [0.25, 0.3) is 0 Å². The number of benzene rings is 2. The number of hydrogen-bond donors (Lipinski definition) is 3. The number of nitrogens with zero attached hydrogens (tertiary/aromatic N) is 3. The summed E-state index contributed by atoms with van der Waals surface area (Å²) >= 11 is 6.34. The molecule has 3 aromatic rings. The van der Waals surface area contributed by atoms with Crippen molar-refractivity contribution < 1.29 is 24.2 Å². The lowest BCUT2D eigenvalue weighted by molar-refractivity contribution is -0.132. The van der Waals surface area contributed by atoms with Crippen molar-refractivity contribution in [3.63, 3.8) is 0 Å². The van der Waals surface area contributed by atoms with Crippen molar-refractivity contribution in [3.8, 4) is 23.3 Å². The summed E-state index contributed by atoms with van der Waals surface area (Å²) in [4.78, 5) is 33.8. The Morgan fingerprint density at radius 1 is 1.13 bits per heavy atom. The Morgan fingerprint density at radius 2 is 1.87 bits per heavy atom. The Labute approximate surface area is 224 Å². The first-order chi connectivity index (χ1) is 18.0. The summed E-state index contributed by atoms with van der Waals surface area (Å²) in [6, 6.07) is 8.16. The SMILES string of the molecule is COc1cc(Cc2cnc(N)nc2N)cc(C#Cc2ccc(C(=O)/C(=C\N(C)C)C(=O)O)c(Cl)c2)c1OC. The van der Waals surface area contributed by atoms with Crippen LogP contribution in [0.5, 0.6) is 11.5 Å². The Balaban J connectivity index is 1.98. The number of carboxylic acids is 1. The summed E-state index contributed by atoms with van der Waals surface area (Å²) in [6.45, 7) is 0. The zero-order valence-electron chi connectivity index (χ0n) is 21.2. The first kappa shape index (κ1) is 27.8. The van der Waals surface area contributed by atoms with Crippen molar-refractivity contribution in [3.05, 3.63) is 81.1 Å². The summed E-state index contributed by atoms with van der Waals surface area (Å²) in [5.41, 5.74) is 13.8. The van der Waals surface area contributed by atoms with E-state index in [4.69, 9.17) is 32.5 Å². The molecule has 0 unspecified atom stereocenters. The van der Waals surface area contributed by atoms with Gasteiger partial charge in [0.1, 0.15) is 11.4 Å². The van der Waals surface area contributed by atoms with E-state index in [0.717, 1.165) is 5.56 Å². The molecule has 0 saturated carbocycles. The number of anilines is 2. The number of aromatic nitrogens is 2. The van der Waals surface area contributed by atoms with Gasteiger partial charge in [-0.15, -0.1) is 0 Å². The van der Waals surface area contributed by atoms with E-state index in [1.807, 2.05) is 6.07 Å². The molecule has 11 heteroatoms. The number of rotatable bonds is 8. The largest absolute Gasteiger partial charge is 0.493 e. The molecular weight excluding hydrogens is 510 g/mol. The Morgan fingerprint density at radius 3 is 2.45 bits per heavy atom. The first-order valence-corrected chi connectivity index (χ1v) is 11.5. The summed E-state index contributed by atoms with van der Waals surface area (Å²) in [6.07, 6.45) is 3.19. The number of carboxylic acid groups (broad SMARTS) is 1. The molecule has 1 heterocycles. The van der Waals surface area contributed by atoms with E-state index in [-0.39, 0.29) is 22.4 Å². The second kappa shape index (κ2) is 12.0. The average Bonchev–Trinajstić information content (AvgIpc) is 2.86. The molecule has 2 aromatic carbocycles. The standard InChI is InChI=1S/C27H26ClN5O5/c1-33(2)14-20(26(35)36)23(34)19-8-6-15(11-21(19)28)5-7-17-9-16(12-22(37-3)24(17)38-4)10-18-13-31-27(30)32-25(18)29/h6,8-9,11-14H,10H2,1-4H3,(H,35,36)(H4,29,30,31,32)/b20-14+. The number of halogens is 1. The van der Waals surface area contributed by atoms with Gasteiger partial charge in [-0.05, 0) is 35.9 Å². The lowest BCUT2D eigenvalue weighted by Crippen LogP contribution is -2.17. The van der Waals surface area contributed by atoms with Gasteiger partial charge < -0.3 is 30.9 Å². The van der Waals surface area contributed by atoms with Crippen molar-refractivity contribution >= 4 is 35.1 Å². The van der Waals surface area contributed by atoms with Crippen molar-refractivity contribution in [2.24, 2.45) is 0 Å². The van der Waals surface area contributed by atoms with Gasteiger partial charge in [0.05, 0.1) is 24.8 Å². The second-order valence-corrected chi connectivity index (χ2v) is 8.69. The number of ketones is 1. The minimum atomic E-state index is -1.35. The average molecular weight is 536 g/mol. The maximum atomic E-state index is 12.8. The van der Waals surface area contributed by atoms with E-state index in [0.29, 0.717) is 34.6 Å². The van der Waals surface area contributed by atoms with Gasteiger partial charge in [0.2, 0.25) is 11.7 Å². The molecule has 0 bridgehead atoms. The summed E-state index contributed by atoms with van der Waals surface area (Å²) in [7, 11) is 6.26. The Hall–Kier alpha value is -4.75. The van der Waals surface area contributed by atoms with Gasteiger partial charge in [-0.2, -0.15) is 4.98 Å². The lowest BCUT2D eigenvalue weighted by atomic mass is 10.0. The van der Waals surface area contributed by atoms with Crippen LogP contribution in [0.1, 0.15) is 32.6 Å². The number of Topliss-reactive ketones (excluding diaryl/α,β-unsaturated/α-hetero) is 1. The second-order valence-electron chi connectivity index (χ2n) is 8.28. The highest BCUT2D eigenvalue weighted by molar-refractivity contribution is 6.36. The third-order valence-electron chi connectivity index (χ3n) is 5.27. The number of nitrogen functional groups attached to an aromatic ring is 2.